The van der Waals surface area contributed by atoms with Crippen molar-refractivity contribution in [2.75, 3.05) is 12.4 Å². The minimum Gasteiger partial charge on any atom is -0.493 e. The Hall–Kier alpha value is -4.46. The molecule has 0 saturated heterocycles. The van der Waals surface area contributed by atoms with E-state index in [2.05, 4.69) is 20.7 Å². The summed E-state index contributed by atoms with van der Waals surface area (Å²) in [5, 5.41) is 15.2. The number of aryl methyl sites for hydroxylation is 2. The molecule has 0 atom stereocenters. The van der Waals surface area contributed by atoms with Crippen LogP contribution in [0.5, 0.6) is 11.5 Å². The van der Waals surface area contributed by atoms with Gasteiger partial charge in [0.15, 0.2) is 11.5 Å². The lowest BCUT2D eigenvalue weighted by atomic mass is 10.1. The Labute approximate surface area is 197 Å². The van der Waals surface area contributed by atoms with Crippen LogP contribution in [0, 0.1) is 13.8 Å². The number of nitrogens with one attached hydrogen (secondary N) is 1. The van der Waals surface area contributed by atoms with Crippen LogP contribution in [0.4, 0.5) is 17.1 Å². The lowest BCUT2D eigenvalue weighted by molar-refractivity contribution is 0.102. The molecule has 1 heterocycles. The van der Waals surface area contributed by atoms with Crippen LogP contribution in [0.3, 0.4) is 0 Å². The van der Waals surface area contributed by atoms with Crippen LogP contribution in [-0.4, -0.2) is 18.2 Å². The smallest absolute Gasteiger partial charge is 0.255 e. The third kappa shape index (κ3) is 5.47. The average molecular weight is 457 g/mol. The lowest BCUT2D eigenvalue weighted by Crippen LogP contribution is -2.12. The highest BCUT2D eigenvalue weighted by molar-refractivity contribution is 6.04. The molecule has 34 heavy (non-hydrogen) atoms. The molecular weight excluding hydrogens is 432 g/mol. The Balaban J connectivity index is 1.40. The van der Waals surface area contributed by atoms with Crippen LogP contribution in [0.2, 0.25) is 0 Å². The molecule has 4 rings (SSSR count). The molecule has 0 fully saturated rings. The van der Waals surface area contributed by atoms with E-state index >= 15 is 0 Å². The molecule has 1 aromatic heterocycles. The van der Waals surface area contributed by atoms with Gasteiger partial charge in [0.1, 0.15) is 12.4 Å². The number of nitrogens with zero attached hydrogens (tertiary/aromatic N) is 3. The van der Waals surface area contributed by atoms with Crippen LogP contribution in [0.25, 0.3) is 0 Å². The summed E-state index contributed by atoms with van der Waals surface area (Å²) in [5.41, 5.74) is 4.20. The van der Waals surface area contributed by atoms with Crippen LogP contribution in [-0.2, 0) is 6.61 Å². The van der Waals surface area contributed by atoms with Gasteiger partial charge in [-0.3, -0.25) is 4.79 Å². The number of carbonyl (C=O) groups is 1. The predicted octanol–water partition coefficient (Wildman–Crippen LogP) is 6.55. The zero-order chi connectivity index (χ0) is 23.9. The summed E-state index contributed by atoms with van der Waals surface area (Å²) in [4.78, 5) is 12.8. The molecule has 0 aliphatic rings. The Morgan fingerprint density at radius 2 is 1.65 bits per heavy atom. The monoisotopic (exact) mass is 456 g/mol. The standard InChI is InChI=1S/C26H24N4O4/c1-17-23(18(2)34-30-17)16-33-24-14-9-19(15-25(24)32-3)26(31)27-20-10-12-22(13-11-20)29-28-21-7-5-4-6-8-21/h4-15H,16H2,1-3H3,(H,27,31). The maximum atomic E-state index is 12.8. The molecule has 0 spiro atoms. The highest BCUT2D eigenvalue weighted by Crippen LogP contribution is 2.30. The molecule has 1 N–H and O–H groups in total. The molecule has 0 bridgehead atoms. The van der Waals surface area contributed by atoms with E-state index in [0.717, 1.165) is 16.9 Å². The second-order valence-electron chi connectivity index (χ2n) is 7.49. The van der Waals surface area contributed by atoms with Gasteiger partial charge in [-0.25, -0.2) is 0 Å². The topological polar surface area (TPSA) is 98.3 Å². The molecule has 0 aliphatic heterocycles. The predicted molar refractivity (Wildman–Crippen MR) is 128 cm³/mol. The lowest BCUT2D eigenvalue weighted by Gasteiger charge is -2.12. The van der Waals surface area contributed by atoms with E-state index < -0.39 is 0 Å². The summed E-state index contributed by atoms with van der Waals surface area (Å²) >= 11 is 0. The molecule has 8 nitrogen and oxygen atoms in total. The van der Waals surface area contributed by atoms with E-state index in [9.17, 15) is 4.79 Å². The van der Waals surface area contributed by atoms with E-state index in [-0.39, 0.29) is 12.5 Å². The van der Waals surface area contributed by atoms with Gasteiger partial charge in [0, 0.05) is 11.3 Å². The molecule has 1 amide bonds. The quantitative estimate of drug-likeness (QED) is 0.303. The maximum Gasteiger partial charge on any atom is 0.255 e. The fourth-order valence-electron chi connectivity index (χ4n) is 3.21. The first kappa shape index (κ1) is 22.7. The largest absolute Gasteiger partial charge is 0.493 e. The van der Waals surface area contributed by atoms with E-state index in [1.807, 2.05) is 44.2 Å². The minimum absolute atomic E-state index is 0.269. The number of benzene rings is 3. The first-order valence-electron chi connectivity index (χ1n) is 10.6. The molecule has 0 saturated carbocycles. The number of methoxy groups -OCH3 is 1. The van der Waals surface area contributed by atoms with Gasteiger partial charge in [0.25, 0.3) is 5.91 Å². The molecule has 0 aliphatic carbocycles. The van der Waals surface area contributed by atoms with Crippen molar-refractivity contribution >= 4 is 23.0 Å². The number of rotatable bonds is 8. The summed E-state index contributed by atoms with van der Waals surface area (Å²) in [6.07, 6.45) is 0. The Morgan fingerprint density at radius 3 is 2.29 bits per heavy atom. The van der Waals surface area contributed by atoms with E-state index in [1.54, 1.807) is 42.5 Å². The van der Waals surface area contributed by atoms with Crippen molar-refractivity contribution in [2.45, 2.75) is 20.5 Å². The first-order chi connectivity index (χ1) is 16.5. The van der Waals surface area contributed by atoms with Gasteiger partial charge in [-0.2, -0.15) is 10.2 Å². The van der Waals surface area contributed by atoms with Gasteiger partial charge in [0.05, 0.1) is 29.7 Å². The number of amides is 1. The van der Waals surface area contributed by atoms with Crippen LogP contribution < -0.4 is 14.8 Å². The summed E-state index contributed by atoms with van der Waals surface area (Å²) in [6.45, 7) is 3.98. The van der Waals surface area contributed by atoms with Gasteiger partial charge in [-0.05, 0) is 68.4 Å². The zero-order valence-corrected chi connectivity index (χ0v) is 19.1. The van der Waals surface area contributed by atoms with Gasteiger partial charge in [-0.1, -0.05) is 23.4 Å². The highest BCUT2D eigenvalue weighted by atomic mass is 16.5. The normalized spacial score (nSPS) is 10.9. The molecule has 3 aromatic carbocycles. The second kappa shape index (κ2) is 10.4. The third-order valence-electron chi connectivity index (χ3n) is 5.14. The summed E-state index contributed by atoms with van der Waals surface area (Å²) in [5.74, 6) is 1.41. The highest BCUT2D eigenvalue weighted by Gasteiger charge is 2.14. The van der Waals surface area contributed by atoms with E-state index in [1.165, 1.54) is 7.11 Å². The Bertz CT molecular complexity index is 1280. The fourth-order valence-corrected chi connectivity index (χ4v) is 3.21. The number of azo groups is 1. The molecule has 8 heteroatoms. The maximum absolute atomic E-state index is 12.8. The average Bonchev–Trinajstić information content (AvgIpc) is 3.19. The van der Waals surface area contributed by atoms with E-state index in [4.69, 9.17) is 14.0 Å². The van der Waals surface area contributed by atoms with Crippen molar-refractivity contribution < 1.29 is 18.8 Å². The van der Waals surface area contributed by atoms with Crippen molar-refractivity contribution in [3.8, 4) is 11.5 Å². The molecule has 172 valence electrons. The zero-order valence-electron chi connectivity index (χ0n) is 19.1. The molecular formula is C26H24N4O4. The molecule has 0 radical (unpaired) electrons. The Kier molecular flexibility index (Phi) is 6.98. The van der Waals surface area contributed by atoms with Crippen molar-refractivity contribution in [1.82, 2.24) is 5.16 Å². The SMILES string of the molecule is COc1cc(C(=O)Nc2ccc(N=Nc3ccccc3)cc2)ccc1OCc1c(C)noc1C. The molecule has 0 unspecified atom stereocenters. The number of ether oxygens (including phenoxy) is 2. The van der Waals surface area contributed by atoms with Crippen molar-refractivity contribution in [3.63, 3.8) is 0 Å². The summed E-state index contributed by atoms with van der Waals surface area (Å²) < 4.78 is 16.5. The number of anilines is 1. The van der Waals surface area contributed by atoms with E-state index in [0.29, 0.717) is 34.2 Å². The minimum atomic E-state index is -0.269. The second-order valence-corrected chi connectivity index (χ2v) is 7.49. The number of aromatic nitrogens is 1. The van der Waals surface area contributed by atoms with Gasteiger partial charge < -0.3 is 19.3 Å². The first-order valence-corrected chi connectivity index (χ1v) is 10.6. The van der Waals surface area contributed by atoms with Crippen molar-refractivity contribution in [1.29, 1.82) is 0 Å². The number of hydrogen-bond acceptors (Lipinski definition) is 7. The van der Waals surface area contributed by atoms with Crippen LogP contribution >= 0.6 is 0 Å². The third-order valence-corrected chi connectivity index (χ3v) is 5.14. The fraction of sp³-hybridized carbons (Fsp3) is 0.154. The molecule has 4 aromatic rings. The van der Waals surface area contributed by atoms with Crippen LogP contribution in [0.15, 0.2) is 87.5 Å². The number of hydrogen-bond donors (Lipinski definition) is 1. The number of carbonyl (C=O) groups excluding carboxylic acids is 1. The Morgan fingerprint density at radius 1 is 0.941 bits per heavy atom. The van der Waals surface area contributed by atoms with Crippen LogP contribution in [0.1, 0.15) is 27.4 Å². The van der Waals surface area contributed by atoms with Gasteiger partial charge in [0.2, 0.25) is 0 Å². The van der Waals surface area contributed by atoms with Gasteiger partial charge >= 0.3 is 0 Å². The van der Waals surface area contributed by atoms with Gasteiger partial charge in [-0.15, -0.1) is 0 Å². The van der Waals surface area contributed by atoms with Crippen molar-refractivity contribution in [2.24, 2.45) is 10.2 Å². The summed E-state index contributed by atoms with van der Waals surface area (Å²) in [7, 11) is 1.53. The summed E-state index contributed by atoms with van der Waals surface area (Å²) in [6, 6.07) is 21.6. The van der Waals surface area contributed by atoms with Crippen molar-refractivity contribution in [3.05, 3.63) is 95.4 Å².